The molecule has 0 unspecified atom stereocenters. The van der Waals surface area contributed by atoms with Crippen molar-refractivity contribution in [2.75, 3.05) is 32.5 Å². The molecule has 0 saturated heterocycles. The zero-order chi connectivity index (χ0) is 19.9. The molecule has 0 aromatic heterocycles. The molecule has 4 N–H and O–H groups in total. The van der Waals surface area contributed by atoms with Crippen molar-refractivity contribution in [2.24, 2.45) is 10.7 Å². The van der Waals surface area contributed by atoms with Crippen molar-refractivity contribution < 1.29 is 4.79 Å². The van der Waals surface area contributed by atoms with Crippen LogP contribution in [0.1, 0.15) is 33.5 Å². The average Bonchev–Trinajstić information content (AvgIpc) is 3.14. The molecule has 1 amide bonds. The first-order valence-corrected chi connectivity index (χ1v) is 9.72. The highest BCUT2D eigenvalue weighted by molar-refractivity contribution is 14.0. The molecule has 29 heavy (non-hydrogen) atoms. The van der Waals surface area contributed by atoms with Crippen LogP contribution >= 0.6 is 24.0 Å². The minimum Gasteiger partial charge on any atom is -0.370 e. The predicted molar refractivity (Wildman–Crippen MR) is 130 cm³/mol. The van der Waals surface area contributed by atoms with Crippen molar-refractivity contribution in [1.29, 1.82) is 0 Å². The molecule has 0 radical (unpaired) electrons. The smallest absolute Gasteiger partial charge is 0.251 e. The number of rotatable bonds is 7. The van der Waals surface area contributed by atoms with Crippen LogP contribution in [0.25, 0.3) is 0 Å². The van der Waals surface area contributed by atoms with Crippen LogP contribution in [-0.4, -0.2) is 44.0 Å². The van der Waals surface area contributed by atoms with Gasteiger partial charge in [-0.3, -0.25) is 4.79 Å². The van der Waals surface area contributed by atoms with Crippen molar-refractivity contribution in [1.82, 2.24) is 10.2 Å². The summed E-state index contributed by atoms with van der Waals surface area (Å²) in [5.74, 6) is 0.302. The van der Waals surface area contributed by atoms with Gasteiger partial charge in [-0.15, -0.1) is 24.0 Å². The summed E-state index contributed by atoms with van der Waals surface area (Å²) >= 11 is 0. The van der Waals surface area contributed by atoms with Gasteiger partial charge in [-0.1, -0.05) is 18.2 Å². The predicted octanol–water partition coefficient (Wildman–Crippen LogP) is 3.01. The van der Waals surface area contributed by atoms with Crippen molar-refractivity contribution in [3.05, 3.63) is 64.7 Å². The van der Waals surface area contributed by atoms with E-state index in [1.54, 1.807) is 0 Å². The Morgan fingerprint density at radius 3 is 2.72 bits per heavy atom. The molecule has 0 atom stereocenters. The fourth-order valence-corrected chi connectivity index (χ4v) is 3.32. The van der Waals surface area contributed by atoms with E-state index in [0.29, 0.717) is 24.6 Å². The summed E-state index contributed by atoms with van der Waals surface area (Å²) in [6.45, 7) is 1.84. The van der Waals surface area contributed by atoms with Gasteiger partial charge >= 0.3 is 0 Å². The quantitative estimate of drug-likeness (QED) is 0.306. The van der Waals surface area contributed by atoms with Gasteiger partial charge < -0.3 is 21.3 Å². The number of benzene rings is 2. The van der Waals surface area contributed by atoms with Gasteiger partial charge in [0, 0.05) is 24.3 Å². The lowest BCUT2D eigenvalue weighted by Gasteiger charge is -2.11. The molecule has 2 aromatic rings. The molecule has 0 aliphatic heterocycles. The van der Waals surface area contributed by atoms with Crippen molar-refractivity contribution in [3.63, 3.8) is 0 Å². The summed E-state index contributed by atoms with van der Waals surface area (Å²) in [5.41, 5.74) is 11.4. The number of nitrogens with one attached hydrogen (secondary N) is 2. The van der Waals surface area contributed by atoms with Crippen molar-refractivity contribution in [3.8, 4) is 0 Å². The van der Waals surface area contributed by atoms with Crippen LogP contribution in [0.5, 0.6) is 0 Å². The lowest BCUT2D eigenvalue weighted by molar-refractivity contribution is 0.0951. The maximum absolute atomic E-state index is 12.2. The Kier molecular flexibility index (Phi) is 8.91. The zero-order valence-corrected chi connectivity index (χ0v) is 19.4. The molecular weight excluding hydrogens is 477 g/mol. The summed E-state index contributed by atoms with van der Waals surface area (Å²) < 4.78 is 0. The molecule has 0 fully saturated rings. The molecule has 0 bridgehead atoms. The first-order chi connectivity index (χ1) is 13.5. The van der Waals surface area contributed by atoms with E-state index in [1.807, 2.05) is 49.3 Å². The fourth-order valence-electron chi connectivity index (χ4n) is 3.32. The Balaban J connectivity index is 0.00000300. The van der Waals surface area contributed by atoms with Gasteiger partial charge in [-0.2, -0.15) is 0 Å². The molecule has 2 aromatic carbocycles. The Morgan fingerprint density at radius 2 is 1.93 bits per heavy atom. The lowest BCUT2D eigenvalue weighted by Crippen LogP contribution is -2.31. The van der Waals surface area contributed by atoms with Gasteiger partial charge in [-0.25, -0.2) is 4.99 Å². The van der Waals surface area contributed by atoms with Gasteiger partial charge in [0.05, 0.1) is 6.54 Å². The third kappa shape index (κ3) is 7.01. The summed E-state index contributed by atoms with van der Waals surface area (Å²) in [4.78, 5) is 18.7. The van der Waals surface area contributed by atoms with Crippen LogP contribution in [0.15, 0.2) is 47.5 Å². The Bertz CT molecular complexity index is 866. The summed E-state index contributed by atoms with van der Waals surface area (Å²) in [7, 11) is 3.96. The molecule has 0 saturated carbocycles. The van der Waals surface area contributed by atoms with Gasteiger partial charge in [-0.05, 0) is 74.3 Å². The highest BCUT2D eigenvalue weighted by Gasteiger charge is 2.11. The van der Waals surface area contributed by atoms with Crippen LogP contribution < -0.4 is 16.4 Å². The second-order valence-corrected chi connectivity index (χ2v) is 7.42. The largest absolute Gasteiger partial charge is 0.370 e. The Morgan fingerprint density at radius 1 is 1.14 bits per heavy atom. The van der Waals surface area contributed by atoms with Crippen molar-refractivity contribution >= 4 is 41.5 Å². The highest BCUT2D eigenvalue weighted by atomic mass is 127. The number of fused-ring (bicyclic) bond motifs is 1. The third-order valence-electron chi connectivity index (χ3n) is 4.84. The summed E-state index contributed by atoms with van der Waals surface area (Å²) in [5, 5.41) is 6.08. The van der Waals surface area contributed by atoms with Crippen LogP contribution in [0.3, 0.4) is 0 Å². The van der Waals surface area contributed by atoms with E-state index >= 15 is 0 Å². The van der Waals surface area contributed by atoms with Gasteiger partial charge in [0.25, 0.3) is 5.91 Å². The van der Waals surface area contributed by atoms with E-state index in [4.69, 9.17) is 5.73 Å². The monoisotopic (exact) mass is 507 g/mol. The van der Waals surface area contributed by atoms with E-state index in [0.717, 1.165) is 30.6 Å². The number of nitrogens with zero attached hydrogens (tertiary/aromatic N) is 2. The van der Waals surface area contributed by atoms with E-state index in [2.05, 4.69) is 27.8 Å². The number of aliphatic imine (C=N–C) groups is 1. The third-order valence-corrected chi connectivity index (χ3v) is 4.84. The minimum absolute atomic E-state index is 0. The van der Waals surface area contributed by atoms with Gasteiger partial charge in [0.15, 0.2) is 5.96 Å². The molecular formula is C22H30IN5O. The number of guanidine groups is 1. The molecule has 3 rings (SSSR count). The van der Waals surface area contributed by atoms with Crippen molar-refractivity contribution in [2.45, 2.75) is 25.8 Å². The molecule has 156 valence electrons. The van der Waals surface area contributed by atoms with E-state index in [9.17, 15) is 4.79 Å². The fraction of sp³-hybridized carbons (Fsp3) is 0.364. The average molecular weight is 507 g/mol. The Labute approximate surface area is 190 Å². The number of amides is 1. The number of hydrogen-bond donors (Lipinski definition) is 3. The SMILES string of the molecule is CN(C)CCNC(=O)c1cccc(CN=C(N)Nc2ccc3c(c2)CCC3)c1.I. The number of nitrogens with two attached hydrogens (primary N) is 1. The van der Waals surface area contributed by atoms with Gasteiger partial charge in [0.1, 0.15) is 0 Å². The number of hydrogen-bond acceptors (Lipinski definition) is 3. The number of aryl methyl sites for hydroxylation is 2. The van der Waals surface area contributed by atoms with Crippen LogP contribution in [0, 0.1) is 0 Å². The molecule has 1 aliphatic carbocycles. The molecule has 6 nitrogen and oxygen atoms in total. The zero-order valence-electron chi connectivity index (χ0n) is 17.1. The Hall–Kier alpha value is -2.13. The van der Waals surface area contributed by atoms with Crippen LogP contribution in [0.2, 0.25) is 0 Å². The normalized spacial score (nSPS) is 13.0. The molecule has 0 heterocycles. The maximum atomic E-state index is 12.2. The molecule has 0 spiro atoms. The topological polar surface area (TPSA) is 82.8 Å². The minimum atomic E-state index is -0.0723. The molecule has 7 heteroatoms. The van der Waals surface area contributed by atoms with Crippen LogP contribution in [-0.2, 0) is 19.4 Å². The number of likely N-dealkylation sites (N-methyl/N-ethyl adjacent to an activating group) is 1. The number of carbonyl (C=O) groups excluding carboxylic acids is 1. The van der Waals surface area contributed by atoms with Gasteiger partial charge in [0.2, 0.25) is 0 Å². The second-order valence-electron chi connectivity index (χ2n) is 7.42. The second kappa shape index (κ2) is 11.2. The first-order valence-electron chi connectivity index (χ1n) is 9.72. The first kappa shape index (κ1) is 23.2. The molecule has 1 aliphatic rings. The summed E-state index contributed by atoms with van der Waals surface area (Å²) in [6, 6.07) is 13.9. The van der Waals surface area contributed by atoms with Crippen LogP contribution in [0.4, 0.5) is 5.69 Å². The highest BCUT2D eigenvalue weighted by Crippen LogP contribution is 2.24. The lowest BCUT2D eigenvalue weighted by atomic mass is 10.1. The van der Waals surface area contributed by atoms with E-state index in [-0.39, 0.29) is 29.9 Å². The number of anilines is 1. The number of halogens is 1. The number of carbonyl (C=O) groups is 1. The standard InChI is InChI=1S/C22H29N5O.HI/c1-27(2)12-11-24-21(28)19-8-3-5-16(13-19)15-25-22(23)26-20-10-9-17-6-4-7-18(17)14-20;/h3,5,8-10,13-14H,4,6-7,11-12,15H2,1-2H3,(H,24,28)(H3,23,25,26);1H. The maximum Gasteiger partial charge on any atom is 0.251 e. The van der Waals surface area contributed by atoms with E-state index < -0.39 is 0 Å². The summed E-state index contributed by atoms with van der Waals surface area (Å²) in [6.07, 6.45) is 3.52. The van der Waals surface area contributed by atoms with E-state index in [1.165, 1.54) is 17.5 Å².